The van der Waals surface area contributed by atoms with Gasteiger partial charge in [-0.2, -0.15) is 0 Å². The highest BCUT2D eigenvalue weighted by Crippen LogP contribution is 2.18. The molecule has 0 saturated heterocycles. The van der Waals surface area contributed by atoms with Gasteiger partial charge in [-0.3, -0.25) is 14.0 Å². The summed E-state index contributed by atoms with van der Waals surface area (Å²) in [7, 11) is 1.59. The number of para-hydroxylation sites is 1. The van der Waals surface area contributed by atoms with E-state index in [-0.39, 0.29) is 29.4 Å². The van der Waals surface area contributed by atoms with Gasteiger partial charge in [-0.15, -0.1) is 0 Å². The summed E-state index contributed by atoms with van der Waals surface area (Å²) in [5.74, 6) is 0.237. The molecule has 0 radical (unpaired) electrons. The Morgan fingerprint density at radius 1 is 1.14 bits per heavy atom. The number of ether oxygens (including phenoxy) is 1. The number of fused-ring (bicyclic) bond motifs is 1. The van der Waals surface area contributed by atoms with Gasteiger partial charge in [0.1, 0.15) is 5.75 Å². The summed E-state index contributed by atoms with van der Waals surface area (Å²) in [6.07, 6.45) is 2.53. The number of methoxy groups -OCH3 is 1. The molecule has 2 aromatic heterocycles. The number of pyridine rings is 1. The Hall–Kier alpha value is -3.35. The first-order valence-electron chi connectivity index (χ1n) is 9.23. The Morgan fingerprint density at radius 3 is 2.64 bits per heavy atom. The first kappa shape index (κ1) is 19.4. The van der Waals surface area contributed by atoms with Crippen molar-refractivity contribution in [2.45, 2.75) is 32.9 Å². The third-order valence-electron chi connectivity index (χ3n) is 4.59. The second-order valence-corrected chi connectivity index (χ2v) is 6.52. The number of carbonyl (C=O) groups excluding carboxylic acids is 2. The Morgan fingerprint density at radius 2 is 1.89 bits per heavy atom. The summed E-state index contributed by atoms with van der Waals surface area (Å²) < 4.78 is 6.95. The fourth-order valence-corrected chi connectivity index (χ4v) is 2.86. The molecule has 0 saturated carbocycles. The largest absolute Gasteiger partial charge is 0.496 e. The maximum atomic E-state index is 12.8. The van der Waals surface area contributed by atoms with Gasteiger partial charge in [-0.25, -0.2) is 4.98 Å². The number of nitrogens with zero attached hydrogens (tertiary/aromatic N) is 2. The van der Waals surface area contributed by atoms with E-state index >= 15 is 0 Å². The monoisotopic (exact) mass is 380 g/mol. The van der Waals surface area contributed by atoms with Gasteiger partial charge in [0, 0.05) is 24.3 Å². The van der Waals surface area contributed by atoms with E-state index in [2.05, 4.69) is 15.6 Å². The van der Waals surface area contributed by atoms with Crippen molar-refractivity contribution in [1.29, 1.82) is 0 Å². The van der Waals surface area contributed by atoms with Crippen LogP contribution >= 0.6 is 0 Å². The fourth-order valence-electron chi connectivity index (χ4n) is 2.86. The Labute approximate surface area is 163 Å². The zero-order valence-corrected chi connectivity index (χ0v) is 16.2. The normalized spacial score (nSPS) is 11.8. The van der Waals surface area contributed by atoms with Crippen molar-refractivity contribution >= 4 is 17.3 Å². The van der Waals surface area contributed by atoms with E-state index < -0.39 is 0 Å². The average Bonchev–Trinajstić information content (AvgIpc) is 3.12. The van der Waals surface area contributed by atoms with Crippen molar-refractivity contribution in [3.63, 3.8) is 0 Å². The Balaban J connectivity index is 1.86. The second kappa shape index (κ2) is 8.56. The quantitative estimate of drug-likeness (QED) is 0.660. The van der Waals surface area contributed by atoms with Gasteiger partial charge in [0.25, 0.3) is 11.8 Å². The van der Waals surface area contributed by atoms with Gasteiger partial charge in [-0.05, 0) is 31.5 Å². The van der Waals surface area contributed by atoms with Crippen molar-refractivity contribution in [2.24, 2.45) is 0 Å². The number of hydrogen-bond donors (Lipinski definition) is 2. The molecule has 146 valence electrons. The Bertz CT molecular complexity index is 996. The standard InChI is InChI=1S/C21H24N4O3/c1-4-14(2)23-21(27)19-24-18(16-10-7-8-12-25(16)19)20(26)22-13-15-9-5-6-11-17(15)28-3/h5-12,14H,4,13H2,1-3H3,(H,22,26)(H,23,27). The van der Waals surface area contributed by atoms with E-state index in [0.29, 0.717) is 17.8 Å². The number of rotatable bonds is 7. The molecule has 28 heavy (non-hydrogen) atoms. The summed E-state index contributed by atoms with van der Waals surface area (Å²) in [6, 6.07) is 12.9. The van der Waals surface area contributed by atoms with Crippen LogP contribution in [0.2, 0.25) is 0 Å². The minimum atomic E-state index is -0.350. The molecular formula is C21H24N4O3. The molecule has 2 heterocycles. The molecular weight excluding hydrogens is 356 g/mol. The van der Waals surface area contributed by atoms with E-state index in [1.165, 1.54) is 0 Å². The number of amides is 2. The summed E-state index contributed by atoms with van der Waals surface area (Å²) in [4.78, 5) is 29.7. The smallest absolute Gasteiger partial charge is 0.287 e. The molecule has 7 nitrogen and oxygen atoms in total. The van der Waals surface area contributed by atoms with E-state index in [1.54, 1.807) is 29.8 Å². The summed E-state index contributed by atoms with van der Waals surface area (Å²) in [5, 5.41) is 5.75. The first-order valence-corrected chi connectivity index (χ1v) is 9.23. The predicted octanol–water partition coefficient (Wildman–Crippen LogP) is 2.80. The van der Waals surface area contributed by atoms with Crippen LogP contribution in [0.25, 0.3) is 5.52 Å². The molecule has 1 aromatic carbocycles. The number of nitrogens with one attached hydrogen (secondary N) is 2. The molecule has 1 atom stereocenters. The third-order valence-corrected chi connectivity index (χ3v) is 4.59. The number of aromatic nitrogens is 2. The third kappa shape index (κ3) is 3.98. The molecule has 3 aromatic rings. The van der Waals surface area contributed by atoms with E-state index in [4.69, 9.17) is 4.74 Å². The lowest BCUT2D eigenvalue weighted by molar-refractivity contribution is 0.0928. The van der Waals surface area contributed by atoms with Crippen LogP contribution in [0.15, 0.2) is 48.7 Å². The van der Waals surface area contributed by atoms with Crippen LogP contribution in [0, 0.1) is 0 Å². The summed E-state index contributed by atoms with van der Waals surface area (Å²) in [6.45, 7) is 4.21. The average molecular weight is 380 g/mol. The SMILES string of the molecule is CCC(C)NC(=O)c1nc(C(=O)NCc2ccccc2OC)c2ccccn12. The van der Waals surface area contributed by atoms with E-state index in [1.807, 2.05) is 44.2 Å². The minimum absolute atomic E-state index is 0.0198. The minimum Gasteiger partial charge on any atom is -0.496 e. The van der Waals surface area contributed by atoms with Crippen molar-refractivity contribution < 1.29 is 14.3 Å². The predicted molar refractivity (Wildman–Crippen MR) is 107 cm³/mol. The van der Waals surface area contributed by atoms with Crippen molar-refractivity contribution in [3.05, 3.63) is 65.7 Å². The Kier molecular flexibility index (Phi) is 5.93. The van der Waals surface area contributed by atoms with Gasteiger partial charge < -0.3 is 15.4 Å². The highest BCUT2D eigenvalue weighted by molar-refractivity contribution is 6.02. The number of benzene rings is 1. The molecule has 2 N–H and O–H groups in total. The molecule has 0 aliphatic rings. The number of hydrogen-bond acceptors (Lipinski definition) is 4. The van der Waals surface area contributed by atoms with Crippen molar-refractivity contribution in [1.82, 2.24) is 20.0 Å². The summed E-state index contributed by atoms with van der Waals surface area (Å²) in [5.41, 5.74) is 1.65. The summed E-state index contributed by atoms with van der Waals surface area (Å²) >= 11 is 0. The molecule has 0 bridgehead atoms. The first-order chi connectivity index (χ1) is 13.5. The van der Waals surface area contributed by atoms with Gasteiger partial charge in [0.2, 0.25) is 5.82 Å². The molecule has 0 aliphatic heterocycles. The highest BCUT2D eigenvalue weighted by atomic mass is 16.5. The lowest BCUT2D eigenvalue weighted by Crippen LogP contribution is -2.33. The van der Waals surface area contributed by atoms with Gasteiger partial charge in [0.05, 0.1) is 12.6 Å². The number of imidazole rings is 1. The van der Waals surface area contributed by atoms with Crippen LogP contribution < -0.4 is 15.4 Å². The van der Waals surface area contributed by atoms with Gasteiger partial charge in [-0.1, -0.05) is 31.2 Å². The van der Waals surface area contributed by atoms with Crippen LogP contribution in [-0.4, -0.2) is 34.4 Å². The van der Waals surface area contributed by atoms with E-state index in [0.717, 1.165) is 12.0 Å². The topological polar surface area (TPSA) is 84.7 Å². The fraction of sp³-hybridized carbons (Fsp3) is 0.286. The lowest BCUT2D eigenvalue weighted by atomic mass is 10.2. The van der Waals surface area contributed by atoms with Crippen LogP contribution in [-0.2, 0) is 6.54 Å². The van der Waals surface area contributed by atoms with Crippen LogP contribution in [0.3, 0.4) is 0 Å². The molecule has 0 spiro atoms. The highest BCUT2D eigenvalue weighted by Gasteiger charge is 2.22. The molecule has 0 fully saturated rings. The van der Waals surface area contributed by atoms with Crippen molar-refractivity contribution in [2.75, 3.05) is 7.11 Å². The van der Waals surface area contributed by atoms with E-state index in [9.17, 15) is 9.59 Å². The van der Waals surface area contributed by atoms with Crippen LogP contribution in [0.1, 0.15) is 46.9 Å². The molecule has 3 rings (SSSR count). The number of carbonyl (C=O) groups is 2. The van der Waals surface area contributed by atoms with Crippen LogP contribution in [0.5, 0.6) is 5.75 Å². The zero-order valence-electron chi connectivity index (χ0n) is 16.2. The molecule has 7 heteroatoms. The van der Waals surface area contributed by atoms with Gasteiger partial charge >= 0.3 is 0 Å². The van der Waals surface area contributed by atoms with Crippen molar-refractivity contribution in [3.8, 4) is 5.75 Å². The zero-order chi connectivity index (χ0) is 20.1. The lowest BCUT2D eigenvalue weighted by Gasteiger charge is -2.10. The van der Waals surface area contributed by atoms with Crippen LogP contribution in [0.4, 0.5) is 0 Å². The molecule has 1 unspecified atom stereocenters. The molecule has 0 aliphatic carbocycles. The molecule has 2 amide bonds. The second-order valence-electron chi connectivity index (χ2n) is 6.52. The maximum Gasteiger partial charge on any atom is 0.287 e. The maximum absolute atomic E-state index is 12.8. The van der Waals surface area contributed by atoms with Gasteiger partial charge in [0.15, 0.2) is 5.69 Å².